The number of ether oxygens (including phenoxy) is 1. The van der Waals surface area contributed by atoms with E-state index in [2.05, 4.69) is 12.2 Å². The van der Waals surface area contributed by atoms with E-state index in [4.69, 9.17) is 4.74 Å². The van der Waals surface area contributed by atoms with Gasteiger partial charge in [-0.25, -0.2) is 0 Å². The Morgan fingerprint density at radius 3 is 2.39 bits per heavy atom. The number of benzene rings is 1. The van der Waals surface area contributed by atoms with Gasteiger partial charge in [0.1, 0.15) is 11.5 Å². The molecule has 1 aliphatic carbocycles. The standard InChI is InChI=1S/C19H27NO3/c1-14-3-9-17(10-4-14)20-19(22)13-23-18-11-7-16(8-12-18)6-5-15(2)21/h7-8,11-12,14,17H,3-6,9-10,13H2,1-2H3,(H,20,22). The van der Waals surface area contributed by atoms with Gasteiger partial charge in [0.15, 0.2) is 6.61 Å². The number of nitrogens with one attached hydrogen (secondary N) is 1. The van der Waals surface area contributed by atoms with Crippen molar-refractivity contribution in [3.8, 4) is 5.75 Å². The molecule has 1 fully saturated rings. The average molecular weight is 317 g/mol. The molecular formula is C19H27NO3. The molecule has 0 bridgehead atoms. The molecule has 0 aromatic heterocycles. The summed E-state index contributed by atoms with van der Waals surface area (Å²) in [7, 11) is 0. The van der Waals surface area contributed by atoms with E-state index >= 15 is 0 Å². The van der Waals surface area contributed by atoms with Gasteiger partial charge in [-0.3, -0.25) is 4.79 Å². The van der Waals surface area contributed by atoms with Gasteiger partial charge >= 0.3 is 0 Å². The van der Waals surface area contributed by atoms with Crippen molar-refractivity contribution in [1.82, 2.24) is 5.32 Å². The fourth-order valence-electron chi connectivity index (χ4n) is 2.90. The summed E-state index contributed by atoms with van der Waals surface area (Å²) in [4.78, 5) is 22.9. The van der Waals surface area contributed by atoms with Crippen LogP contribution in [0.2, 0.25) is 0 Å². The van der Waals surface area contributed by atoms with Crippen LogP contribution >= 0.6 is 0 Å². The zero-order chi connectivity index (χ0) is 16.7. The Bertz CT molecular complexity index is 516. The fourth-order valence-corrected chi connectivity index (χ4v) is 2.90. The molecule has 0 heterocycles. The number of carbonyl (C=O) groups is 2. The topological polar surface area (TPSA) is 55.4 Å². The van der Waals surface area contributed by atoms with Crippen LogP contribution in [0.5, 0.6) is 5.75 Å². The molecule has 1 aromatic carbocycles. The number of carbonyl (C=O) groups excluding carboxylic acids is 2. The molecule has 1 saturated carbocycles. The second kappa shape index (κ2) is 8.70. The Balaban J connectivity index is 1.70. The van der Waals surface area contributed by atoms with Gasteiger partial charge in [0.25, 0.3) is 5.91 Å². The summed E-state index contributed by atoms with van der Waals surface area (Å²) < 4.78 is 5.53. The van der Waals surface area contributed by atoms with Crippen LogP contribution in [0.4, 0.5) is 0 Å². The second-order valence-electron chi connectivity index (χ2n) is 6.66. The molecule has 126 valence electrons. The normalized spacial score (nSPS) is 20.8. The van der Waals surface area contributed by atoms with Crippen molar-refractivity contribution in [3.63, 3.8) is 0 Å². The molecule has 1 aliphatic rings. The predicted molar refractivity (Wildman–Crippen MR) is 90.5 cm³/mol. The molecule has 4 nitrogen and oxygen atoms in total. The maximum Gasteiger partial charge on any atom is 0.258 e. The van der Waals surface area contributed by atoms with Gasteiger partial charge in [-0.1, -0.05) is 19.1 Å². The Morgan fingerprint density at radius 1 is 1.13 bits per heavy atom. The third-order valence-corrected chi connectivity index (χ3v) is 4.44. The zero-order valence-corrected chi connectivity index (χ0v) is 14.1. The van der Waals surface area contributed by atoms with Gasteiger partial charge in [0.2, 0.25) is 0 Å². The third kappa shape index (κ3) is 6.43. The molecule has 0 atom stereocenters. The summed E-state index contributed by atoms with van der Waals surface area (Å²) in [6.45, 7) is 3.92. The number of Topliss-reactive ketones (excluding diaryl/α,β-unsaturated/α-hetero) is 1. The van der Waals surface area contributed by atoms with Crippen molar-refractivity contribution in [1.29, 1.82) is 0 Å². The van der Waals surface area contributed by atoms with Crippen molar-refractivity contribution in [2.24, 2.45) is 5.92 Å². The summed E-state index contributed by atoms with van der Waals surface area (Å²) in [6, 6.07) is 7.89. The molecule has 0 spiro atoms. The molecule has 0 aliphatic heterocycles. The molecule has 0 radical (unpaired) electrons. The van der Waals surface area contributed by atoms with E-state index in [1.807, 2.05) is 24.3 Å². The van der Waals surface area contributed by atoms with Gasteiger partial charge in [-0.2, -0.15) is 0 Å². The van der Waals surface area contributed by atoms with Crippen LogP contribution in [0.1, 0.15) is 51.5 Å². The summed E-state index contributed by atoms with van der Waals surface area (Å²) in [6.07, 6.45) is 5.81. The minimum absolute atomic E-state index is 0.0507. The molecule has 1 aromatic rings. The molecule has 0 unspecified atom stereocenters. The first-order valence-corrected chi connectivity index (χ1v) is 8.53. The molecule has 0 saturated heterocycles. The maximum absolute atomic E-state index is 11.9. The molecular weight excluding hydrogens is 290 g/mol. The van der Waals surface area contributed by atoms with E-state index in [-0.39, 0.29) is 18.3 Å². The summed E-state index contributed by atoms with van der Waals surface area (Å²) in [5.41, 5.74) is 1.10. The Kier molecular flexibility index (Phi) is 6.63. The van der Waals surface area contributed by atoms with Crippen LogP contribution in [-0.4, -0.2) is 24.3 Å². The van der Waals surface area contributed by atoms with Gasteiger partial charge in [-0.15, -0.1) is 0 Å². The quantitative estimate of drug-likeness (QED) is 0.839. The number of hydrogen-bond acceptors (Lipinski definition) is 3. The van der Waals surface area contributed by atoms with Crippen molar-refractivity contribution in [2.75, 3.05) is 6.61 Å². The lowest BCUT2D eigenvalue weighted by atomic mass is 9.87. The van der Waals surface area contributed by atoms with E-state index < -0.39 is 0 Å². The van der Waals surface area contributed by atoms with Crippen LogP contribution in [-0.2, 0) is 16.0 Å². The van der Waals surface area contributed by atoms with Crippen LogP contribution in [0, 0.1) is 5.92 Å². The smallest absolute Gasteiger partial charge is 0.258 e. The zero-order valence-electron chi connectivity index (χ0n) is 14.1. The van der Waals surface area contributed by atoms with Crippen LogP contribution in [0.3, 0.4) is 0 Å². The first-order chi connectivity index (χ1) is 11.0. The Hall–Kier alpha value is -1.84. The number of hydrogen-bond donors (Lipinski definition) is 1. The number of amides is 1. The number of aryl methyl sites for hydroxylation is 1. The number of rotatable bonds is 7. The highest BCUT2D eigenvalue weighted by atomic mass is 16.5. The van der Waals surface area contributed by atoms with Crippen molar-refractivity contribution < 1.29 is 14.3 Å². The van der Waals surface area contributed by atoms with Crippen molar-refractivity contribution >= 4 is 11.7 Å². The average Bonchev–Trinajstić information content (AvgIpc) is 2.54. The van der Waals surface area contributed by atoms with E-state index in [9.17, 15) is 9.59 Å². The molecule has 4 heteroatoms. The van der Waals surface area contributed by atoms with Crippen LogP contribution < -0.4 is 10.1 Å². The van der Waals surface area contributed by atoms with E-state index in [1.165, 1.54) is 12.8 Å². The second-order valence-corrected chi connectivity index (χ2v) is 6.66. The molecule has 23 heavy (non-hydrogen) atoms. The highest BCUT2D eigenvalue weighted by Gasteiger charge is 2.19. The predicted octanol–water partition coefficient (Wildman–Crippen LogP) is 3.28. The van der Waals surface area contributed by atoms with Gasteiger partial charge in [0, 0.05) is 12.5 Å². The van der Waals surface area contributed by atoms with Crippen molar-refractivity contribution in [3.05, 3.63) is 29.8 Å². The Morgan fingerprint density at radius 2 is 1.78 bits per heavy atom. The molecule has 1 amide bonds. The Labute approximate surface area is 138 Å². The number of ketones is 1. The van der Waals surface area contributed by atoms with Crippen LogP contribution in [0.15, 0.2) is 24.3 Å². The van der Waals surface area contributed by atoms with Crippen molar-refractivity contribution in [2.45, 2.75) is 58.4 Å². The largest absolute Gasteiger partial charge is 0.484 e. The maximum atomic E-state index is 11.9. The van der Waals surface area contributed by atoms with E-state index in [0.29, 0.717) is 18.2 Å². The lowest BCUT2D eigenvalue weighted by Gasteiger charge is -2.26. The highest BCUT2D eigenvalue weighted by molar-refractivity contribution is 5.77. The summed E-state index contributed by atoms with van der Waals surface area (Å²) >= 11 is 0. The van der Waals surface area contributed by atoms with Gasteiger partial charge < -0.3 is 14.8 Å². The summed E-state index contributed by atoms with van der Waals surface area (Å²) in [5.74, 6) is 1.61. The SMILES string of the molecule is CC(=O)CCc1ccc(OCC(=O)NC2CCC(C)CC2)cc1. The van der Waals surface area contributed by atoms with E-state index in [0.717, 1.165) is 30.7 Å². The fraction of sp³-hybridized carbons (Fsp3) is 0.579. The minimum atomic E-state index is -0.0507. The summed E-state index contributed by atoms with van der Waals surface area (Å²) in [5, 5.41) is 3.05. The van der Waals surface area contributed by atoms with E-state index in [1.54, 1.807) is 6.92 Å². The first kappa shape index (κ1) is 17.5. The highest BCUT2D eigenvalue weighted by Crippen LogP contribution is 2.23. The minimum Gasteiger partial charge on any atom is -0.484 e. The monoisotopic (exact) mass is 317 g/mol. The molecule has 2 rings (SSSR count). The lowest BCUT2D eigenvalue weighted by Crippen LogP contribution is -2.39. The first-order valence-electron chi connectivity index (χ1n) is 8.53. The molecule has 1 N–H and O–H groups in total. The van der Waals surface area contributed by atoms with Gasteiger partial charge in [0.05, 0.1) is 0 Å². The van der Waals surface area contributed by atoms with Gasteiger partial charge in [-0.05, 0) is 62.6 Å². The lowest BCUT2D eigenvalue weighted by molar-refractivity contribution is -0.124. The third-order valence-electron chi connectivity index (χ3n) is 4.44. The van der Waals surface area contributed by atoms with Crippen LogP contribution in [0.25, 0.3) is 0 Å².